The number of carbonyl (C=O) groups excluding carboxylic acids is 1. The van der Waals surface area contributed by atoms with Crippen LogP contribution in [-0.4, -0.2) is 29.3 Å². The molecular weight excluding hydrogens is 390 g/mol. The second-order valence-electron chi connectivity index (χ2n) is 9.46. The van der Waals surface area contributed by atoms with Crippen LogP contribution >= 0.6 is 0 Å². The molecule has 2 N–H and O–H groups in total. The van der Waals surface area contributed by atoms with Gasteiger partial charge in [-0.1, -0.05) is 75.7 Å². The van der Waals surface area contributed by atoms with E-state index < -0.39 is 17.6 Å². The lowest BCUT2D eigenvalue weighted by molar-refractivity contribution is -0.151. The number of nitrogens with one attached hydrogen (secondary N) is 1. The molecule has 0 aliphatic heterocycles. The Morgan fingerprint density at radius 2 is 1.65 bits per heavy atom. The fourth-order valence-electron chi connectivity index (χ4n) is 5.68. The zero-order valence-corrected chi connectivity index (χ0v) is 18.4. The molecule has 2 aliphatic carbocycles. The molecule has 5 nitrogen and oxygen atoms in total. The Bertz CT molecular complexity index is 939. The Morgan fingerprint density at radius 1 is 1.06 bits per heavy atom. The van der Waals surface area contributed by atoms with Gasteiger partial charge in [0.05, 0.1) is 0 Å². The molecule has 0 aromatic heterocycles. The van der Waals surface area contributed by atoms with Gasteiger partial charge in [-0.05, 0) is 52.8 Å². The molecule has 1 saturated carbocycles. The van der Waals surface area contributed by atoms with Crippen molar-refractivity contribution in [1.82, 2.24) is 5.32 Å². The summed E-state index contributed by atoms with van der Waals surface area (Å²) < 4.78 is 5.67. The summed E-state index contributed by atoms with van der Waals surface area (Å²) in [5, 5.41) is 12.9. The lowest BCUT2D eigenvalue weighted by Gasteiger charge is -2.45. The van der Waals surface area contributed by atoms with Crippen LogP contribution in [0.15, 0.2) is 48.5 Å². The van der Waals surface area contributed by atoms with E-state index in [1.807, 2.05) is 45.0 Å². The van der Waals surface area contributed by atoms with Gasteiger partial charge in [-0.3, -0.25) is 0 Å². The first-order valence-electron chi connectivity index (χ1n) is 11.2. The van der Waals surface area contributed by atoms with Gasteiger partial charge in [0.25, 0.3) is 0 Å². The average Bonchev–Trinajstić information content (AvgIpc) is 3.06. The number of hydrogen-bond donors (Lipinski definition) is 2. The SMILES string of the molecule is CC1CCC(C(C)C)C(NC(=O)OCC2c3ccccc3-c3ccccc32)(C(=O)O)C1. The van der Waals surface area contributed by atoms with Crippen LogP contribution in [0, 0.1) is 17.8 Å². The highest BCUT2D eigenvalue weighted by atomic mass is 16.5. The molecule has 5 heteroatoms. The molecule has 3 unspecified atom stereocenters. The molecule has 31 heavy (non-hydrogen) atoms. The summed E-state index contributed by atoms with van der Waals surface area (Å²) in [5.74, 6) is -0.754. The summed E-state index contributed by atoms with van der Waals surface area (Å²) in [4.78, 5) is 25.3. The third-order valence-corrected chi connectivity index (χ3v) is 7.13. The summed E-state index contributed by atoms with van der Waals surface area (Å²) in [6.07, 6.45) is 1.54. The van der Waals surface area contributed by atoms with Crippen LogP contribution in [-0.2, 0) is 9.53 Å². The van der Waals surface area contributed by atoms with Gasteiger partial charge in [0.2, 0.25) is 0 Å². The van der Waals surface area contributed by atoms with Crippen LogP contribution in [0.1, 0.15) is 57.1 Å². The Kier molecular flexibility index (Phi) is 5.78. The monoisotopic (exact) mass is 421 g/mol. The molecule has 1 fully saturated rings. The van der Waals surface area contributed by atoms with Crippen molar-refractivity contribution in [3.8, 4) is 11.1 Å². The van der Waals surface area contributed by atoms with E-state index in [1.54, 1.807) is 0 Å². The topological polar surface area (TPSA) is 75.6 Å². The Morgan fingerprint density at radius 3 is 2.19 bits per heavy atom. The molecule has 0 heterocycles. The normalized spacial score (nSPS) is 25.0. The van der Waals surface area contributed by atoms with Gasteiger partial charge in [-0.2, -0.15) is 0 Å². The van der Waals surface area contributed by atoms with Crippen molar-refractivity contribution in [3.63, 3.8) is 0 Å². The minimum absolute atomic E-state index is 0.0508. The number of rotatable bonds is 5. The second-order valence-corrected chi connectivity index (χ2v) is 9.46. The summed E-state index contributed by atoms with van der Waals surface area (Å²) in [7, 11) is 0. The van der Waals surface area contributed by atoms with Crippen molar-refractivity contribution >= 4 is 12.1 Å². The Hall–Kier alpha value is -2.82. The fraction of sp³-hybridized carbons (Fsp3) is 0.462. The highest BCUT2D eigenvalue weighted by Gasteiger charge is 2.51. The zero-order valence-electron chi connectivity index (χ0n) is 18.4. The summed E-state index contributed by atoms with van der Waals surface area (Å²) in [5.41, 5.74) is 3.31. The van der Waals surface area contributed by atoms with Crippen LogP contribution in [0.3, 0.4) is 0 Å². The summed E-state index contributed by atoms with van der Waals surface area (Å²) in [6, 6.07) is 16.3. The van der Waals surface area contributed by atoms with Crippen molar-refractivity contribution < 1.29 is 19.4 Å². The van der Waals surface area contributed by atoms with E-state index in [1.165, 1.54) is 0 Å². The second kappa shape index (κ2) is 8.37. The van der Waals surface area contributed by atoms with Gasteiger partial charge in [-0.25, -0.2) is 9.59 Å². The number of carbonyl (C=O) groups is 2. The third kappa shape index (κ3) is 3.82. The number of fused-ring (bicyclic) bond motifs is 3. The van der Waals surface area contributed by atoms with Crippen LogP contribution in [0.25, 0.3) is 11.1 Å². The smallest absolute Gasteiger partial charge is 0.408 e. The molecule has 0 spiro atoms. The van der Waals surface area contributed by atoms with Gasteiger partial charge in [0, 0.05) is 5.92 Å². The number of carboxylic acids is 1. The molecule has 164 valence electrons. The largest absolute Gasteiger partial charge is 0.479 e. The van der Waals surface area contributed by atoms with E-state index in [-0.39, 0.29) is 30.3 Å². The molecule has 4 rings (SSSR count). The maximum absolute atomic E-state index is 12.9. The van der Waals surface area contributed by atoms with Gasteiger partial charge >= 0.3 is 12.1 Å². The van der Waals surface area contributed by atoms with Crippen LogP contribution < -0.4 is 5.32 Å². The predicted molar refractivity (Wildman–Crippen MR) is 120 cm³/mol. The molecule has 3 atom stereocenters. The molecular formula is C26H31NO4. The highest BCUT2D eigenvalue weighted by molar-refractivity contribution is 5.85. The van der Waals surface area contributed by atoms with Gasteiger partial charge in [0.15, 0.2) is 0 Å². The Balaban J connectivity index is 1.53. The number of ether oxygens (including phenoxy) is 1. The van der Waals surface area contributed by atoms with Crippen molar-refractivity contribution in [2.75, 3.05) is 6.61 Å². The first-order valence-corrected chi connectivity index (χ1v) is 11.2. The lowest BCUT2D eigenvalue weighted by atomic mass is 9.65. The zero-order chi connectivity index (χ0) is 22.2. The third-order valence-electron chi connectivity index (χ3n) is 7.13. The van der Waals surface area contributed by atoms with Crippen LogP contribution in [0.2, 0.25) is 0 Å². The highest BCUT2D eigenvalue weighted by Crippen LogP contribution is 2.45. The van der Waals surface area contributed by atoms with Crippen molar-refractivity contribution in [3.05, 3.63) is 59.7 Å². The number of aliphatic carboxylic acids is 1. The molecule has 0 radical (unpaired) electrons. The first-order chi connectivity index (χ1) is 14.8. The van der Waals surface area contributed by atoms with Crippen LogP contribution in [0.5, 0.6) is 0 Å². The minimum Gasteiger partial charge on any atom is -0.479 e. The molecule has 2 aromatic carbocycles. The minimum atomic E-state index is -1.28. The number of hydrogen-bond acceptors (Lipinski definition) is 3. The van der Waals surface area contributed by atoms with Crippen molar-refractivity contribution in [2.45, 2.75) is 51.5 Å². The summed E-state index contributed by atoms with van der Waals surface area (Å²) >= 11 is 0. The van der Waals surface area contributed by atoms with E-state index >= 15 is 0 Å². The molecule has 0 saturated heterocycles. The van der Waals surface area contributed by atoms with E-state index in [4.69, 9.17) is 4.74 Å². The molecule has 2 aliphatic rings. The quantitative estimate of drug-likeness (QED) is 0.674. The average molecular weight is 422 g/mol. The standard InChI is InChI=1S/C26H31NO4/c1-16(2)23-13-12-17(3)14-26(23,24(28)29)27-25(30)31-15-22-20-10-6-4-8-18(20)19-9-5-7-11-21(19)22/h4-11,16-17,22-23H,12-15H2,1-3H3,(H,27,30)(H,28,29). The fourth-order valence-corrected chi connectivity index (χ4v) is 5.68. The molecule has 1 amide bonds. The molecule has 2 aromatic rings. The lowest BCUT2D eigenvalue weighted by Crippen LogP contribution is -2.63. The van der Waals surface area contributed by atoms with E-state index in [0.29, 0.717) is 6.42 Å². The van der Waals surface area contributed by atoms with E-state index in [2.05, 4.69) is 29.6 Å². The maximum atomic E-state index is 12.9. The van der Waals surface area contributed by atoms with Crippen LogP contribution in [0.4, 0.5) is 4.79 Å². The number of amides is 1. The number of alkyl carbamates (subject to hydrolysis) is 1. The number of carboxylic acid groups (broad SMARTS) is 1. The summed E-state index contributed by atoms with van der Waals surface area (Å²) in [6.45, 7) is 6.28. The van der Waals surface area contributed by atoms with Crippen molar-refractivity contribution in [1.29, 1.82) is 0 Å². The predicted octanol–water partition coefficient (Wildman–Crippen LogP) is 5.44. The van der Waals surface area contributed by atoms with E-state index in [0.717, 1.165) is 35.1 Å². The number of benzene rings is 2. The van der Waals surface area contributed by atoms with E-state index in [9.17, 15) is 14.7 Å². The van der Waals surface area contributed by atoms with Gasteiger partial charge in [0.1, 0.15) is 12.1 Å². The Labute approximate surface area is 183 Å². The van der Waals surface area contributed by atoms with Crippen molar-refractivity contribution in [2.24, 2.45) is 17.8 Å². The van der Waals surface area contributed by atoms with Gasteiger partial charge in [-0.15, -0.1) is 0 Å². The van der Waals surface area contributed by atoms with Gasteiger partial charge < -0.3 is 15.2 Å². The maximum Gasteiger partial charge on any atom is 0.408 e. The molecule has 0 bridgehead atoms. The first kappa shape index (κ1) is 21.4.